The van der Waals surface area contributed by atoms with Gasteiger partial charge in [0, 0.05) is 12.6 Å². The maximum absolute atomic E-state index is 11.8. The van der Waals surface area contributed by atoms with Crippen molar-refractivity contribution in [1.82, 2.24) is 9.78 Å². The van der Waals surface area contributed by atoms with E-state index in [2.05, 4.69) is 18.9 Å². The lowest BCUT2D eigenvalue weighted by Gasteiger charge is -2.09. The Kier molecular flexibility index (Phi) is 3.70. The molecule has 0 aliphatic heterocycles. The fourth-order valence-corrected chi connectivity index (χ4v) is 1.98. The molecule has 2 rings (SSSR count). The first-order valence-electron chi connectivity index (χ1n) is 6.43. The van der Waals surface area contributed by atoms with E-state index in [1.54, 1.807) is 13.1 Å². The summed E-state index contributed by atoms with van der Waals surface area (Å²) in [7, 11) is 1.56. The van der Waals surface area contributed by atoms with Crippen LogP contribution in [0, 0.1) is 5.41 Å². The van der Waals surface area contributed by atoms with Crippen LogP contribution in [0.5, 0.6) is 0 Å². The van der Waals surface area contributed by atoms with Crippen LogP contribution in [0.15, 0.2) is 35.1 Å². The van der Waals surface area contributed by atoms with Crippen LogP contribution in [0.2, 0.25) is 0 Å². The highest BCUT2D eigenvalue weighted by Gasteiger charge is 2.10. The second-order valence-corrected chi connectivity index (χ2v) is 5.06. The molecule has 2 aromatic rings. The first-order chi connectivity index (χ1) is 9.40. The van der Waals surface area contributed by atoms with Crippen molar-refractivity contribution in [3.8, 4) is 11.3 Å². The third kappa shape index (κ3) is 2.61. The molecular weight excluding hydrogens is 252 g/mol. The smallest absolute Gasteiger partial charge is 0.277 e. The second-order valence-electron chi connectivity index (χ2n) is 5.06. The molecular formula is C15H18N4O. The zero-order valence-electron chi connectivity index (χ0n) is 11.8. The summed E-state index contributed by atoms with van der Waals surface area (Å²) in [5.74, 6) is 0.220. The highest BCUT2D eigenvalue weighted by atomic mass is 16.1. The van der Waals surface area contributed by atoms with Gasteiger partial charge in [-0.15, -0.1) is 0 Å². The Morgan fingerprint density at radius 2 is 1.90 bits per heavy atom. The summed E-state index contributed by atoms with van der Waals surface area (Å²) in [6.45, 7) is 4.26. The van der Waals surface area contributed by atoms with Crippen LogP contribution < -0.4 is 11.3 Å². The van der Waals surface area contributed by atoms with Crippen molar-refractivity contribution in [2.24, 2.45) is 12.8 Å². The van der Waals surface area contributed by atoms with E-state index < -0.39 is 0 Å². The Balaban J connectivity index is 2.53. The predicted octanol–water partition coefficient (Wildman–Crippen LogP) is 1.85. The van der Waals surface area contributed by atoms with Crippen molar-refractivity contribution < 1.29 is 0 Å². The van der Waals surface area contributed by atoms with Gasteiger partial charge in [-0.2, -0.15) is 5.10 Å². The number of aryl methyl sites for hydroxylation is 1. The van der Waals surface area contributed by atoms with E-state index in [1.165, 1.54) is 10.2 Å². The molecule has 0 aliphatic rings. The second kappa shape index (κ2) is 5.28. The van der Waals surface area contributed by atoms with E-state index in [1.807, 2.05) is 24.3 Å². The Hall–Kier alpha value is -2.43. The summed E-state index contributed by atoms with van der Waals surface area (Å²) < 4.78 is 1.21. The van der Waals surface area contributed by atoms with E-state index in [0.717, 1.165) is 5.56 Å². The molecule has 5 nitrogen and oxygen atoms in total. The Bertz CT molecular complexity index is 699. The number of nitrogens with two attached hydrogens (primary N) is 1. The number of nitrogens with one attached hydrogen (secondary N) is 1. The molecule has 1 aromatic heterocycles. The van der Waals surface area contributed by atoms with Crippen molar-refractivity contribution in [3.05, 3.63) is 51.8 Å². The van der Waals surface area contributed by atoms with Crippen LogP contribution in [-0.4, -0.2) is 15.6 Å². The molecule has 0 aliphatic carbocycles. The quantitative estimate of drug-likeness (QED) is 0.659. The highest BCUT2D eigenvalue weighted by Crippen LogP contribution is 2.20. The molecule has 0 spiro atoms. The minimum atomic E-state index is -0.361. The standard InChI is InChI=1S/C15H18N4O/c1-9(2)10-4-6-11(7-5-10)13-8-12(14(16)17)15(20)19(3)18-13/h4-9H,1-3H3,(H3,16,17). The van der Waals surface area contributed by atoms with Gasteiger partial charge in [-0.3, -0.25) is 10.2 Å². The lowest BCUT2D eigenvalue weighted by Crippen LogP contribution is -2.29. The lowest BCUT2D eigenvalue weighted by atomic mass is 10.0. The van der Waals surface area contributed by atoms with E-state index >= 15 is 0 Å². The third-order valence-electron chi connectivity index (χ3n) is 3.23. The molecule has 104 valence electrons. The average Bonchev–Trinajstić information content (AvgIpc) is 2.41. The summed E-state index contributed by atoms with van der Waals surface area (Å²) in [6, 6.07) is 9.58. The van der Waals surface area contributed by atoms with E-state index in [9.17, 15) is 4.79 Å². The highest BCUT2D eigenvalue weighted by molar-refractivity contribution is 5.95. The number of nitrogen functional groups attached to an aromatic ring is 1. The Labute approximate surface area is 117 Å². The fourth-order valence-electron chi connectivity index (χ4n) is 1.98. The Morgan fingerprint density at radius 3 is 2.40 bits per heavy atom. The molecule has 0 amide bonds. The molecule has 1 heterocycles. The van der Waals surface area contributed by atoms with Crippen molar-refractivity contribution in [2.45, 2.75) is 19.8 Å². The van der Waals surface area contributed by atoms with Gasteiger partial charge in [-0.05, 0) is 17.5 Å². The van der Waals surface area contributed by atoms with Crippen molar-refractivity contribution in [1.29, 1.82) is 5.41 Å². The van der Waals surface area contributed by atoms with Gasteiger partial charge in [0.15, 0.2) is 0 Å². The first kappa shape index (κ1) is 14.0. The molecule has 0 bridgehead atoms. The fraction of sp³-hybridized carbons (Fsp3) is 0.267. The Morgan fingerprint density at radius 1 is 1.30 bits per heavy atom. The van der Waals surface area contributed by atoms with Gasteiger partial charge in [0.2, 0.25) is 0 Å². The number of hydrogen-bond acceptors (Lipinski definition) is 3. The van der Waals surface area contributed by atoms with Gasteiger partial charge >= 0.3 is 0 Å². The molecule has 0 atom stereocenters. The molecule has 0 saturated carbocycles. The lowest BCUT2D eigenvalue weighted by molar-refractivity contribution is 0.709. The van der Waals surface area contributed by atoms with Gasteiger partial charge in [0.25, 0.3) is 5.56 Å². The number of nitrogens with zero attached hydrogens (tertiary/aromatic N) is 2. The average molecular weight is 270 g/mol. The molecule has 0 radical (unpaired) electrons. The van der Waals surface area contributed by atoms with E-state index in [-0.39, 0.29) is 17.0 Å². The van der Waals surface area contributed by atoms with Crippen LogP contribution in [-0.2, 0) is 7.05 Å². The van der Waals surface area contributed by atoms with Crippen molar-refractivity contribution >= 4 is 5.84 Å². The molecule has 0 saturated heterocycles. The minimum absolute atomic E-state index is 0.172. The predicted molar refractivity (Wildman–Crippen MR) is 80.0 cm³/mol. The van der Waals surface area contributed by atoms with Gasteiger partial charge < -0.3 is 5.73 Å². The van der Waals surface area contributed by atoms with Crippen molar-refractivity contribution in [3.63, 3.8) is 0 Å². The largest absolute Gasteiger partial charge is 0.384 e. The molecule has 0 fully saturated rings. The SMILES string of the molecule is CC(C)c1ccc(-c2cc(C(=N)N)c(=O)n(C)n2)cc1. The summed E-state index contributed by atoms with van der Waals surface area (Å²) >= 11 is 0. The minimum Gasteiger partial charge on any atom is -0.384 e. The summed E-state index contributed by atoms with van der Waals surface area (Å²) in [5, 5.41) is 11.7. The number of hydrogen-bond donors (Lipinski definition) is 2. The molecule has 1 aromatic carbocycles. The maximum atomic E-state index is 11.8. The molecule has 0 unspecified atom stereocenters. The summed E-state index contributed by atoms with van der Waals surface area (Å²) in [6.07, 6.45) is 0. The number of amidine groups is 1. The van der Waals surface area contributed by atoms with Gasteiger partial charge in [0.1, 0.15) is 5.84 Å². The van der Waals surface area contributed by atoms with Crippen LogP contribution in [0.3, 0.4) is 0 Å². The van der Waals surface area contributed by atoms with E-state index in [4.69, 9.17) is 11.1 Å². The monoisotopic (exact) mass is 270 g/mol. The van der Waals surface area contributed by atoms with Gasteiger partial charge in [-0.1, -0.05) is 38.1 Å². The first-order valence-corrected chi connectivity index (χ1v) is 6.43. The summed E-state index contributed by atoms with van der Waals surface area (Å²) in [4.78, 5) is 11.8. The van der Waals surface area contributed by atoms with Crippen LogP contribution in [0.4, 0.5) is 0 Å². The molecule has 20 heavy (non-hydrogen) atoms. The van der Waals surface area contributed by atoms with Crippen LogP contribution in [0.1, 0.15) is 30.9 Å². The normalized spacial score (nSPS) is 10.8. The van der Waals surface area contributed by atoms with Gasteiger partial charge in [-0.25, -0.2) is 4.68 Å². The zero-order valence-corrected chi connectivity index (χ0v) is 11.8. The van der Waals surface area contributed by atoms with Crippen molar-refractivity contribution in [2.75, 3.05) is 0 Å². The number of rotatable bonds is 3. The zero-order chi connectivity index (χ0) is 14.9. The maximum Gasteiger partial charge on any atom is 0.277 e. The van der Waals surface area contributed by atoms with Crippen LogP contribution in [0.25, 0.3) is 11.3 Å². The number of benzene rings is 1. The molecule has 3 N–H and O–H groups in total. The third-order valence-corrected chi connectivity index (χ3v) is 3.23. The summed E-state index contributed by atoms with van der Waals surface area (Å²) in [5.41, 5.74) is 8.02. The molecule has 5 heteroatoms. The van der Waals surface area contributed by atoms with E-state index in [0.29, 0.717) is 11.6 Å². The topological polar surface area (TPSA) is 84.8 Å². The van der Waals surface area contributed by atoms with Crippen LogP contribution >= 0.6 is 0 Å². The van der Waals surface area contributed by atoms with Gasteiger partial charge in [0.05, 0.1) is 11.3 Å². The number of aromatic nitrogens is 2.